The van der Waals surface area contributed by atoms with E-state index in [2.05, 4.69) is 333 Å². The van der Waals surface area contributed by atoms with Crippen LogP contribution in [0.3, 0.4) is 0 Å². The monoisotopic (exact) mass is 1170 g/mol. The van der Waals surface area contributed by atoms with E-state index in [4.69, 9.17) is 8.83 Å². The van der Waals surface area contributed by atoms with Crippen LogP contribution in [0.1, 0.15) is 22.3 Å². The van der Waals surface area contributed by atoms with Crippen molar-refractivity contribution in [2.45, 2.75) is 31.6 Å². The largest absolute Gasteiger partial charge is 0.454 e. The summed E-state index contributed by atoms with van der Waals surface area (Å²) in [5.74, 6) is 0. The highest BCUT2D eigenvalue weighted by Gasteiger charge is 2.48. The van der Waals surface area contributed by atoms with E-state index in [-0.39, 0.29) is 0 Å². The van der Waals surface area contributed by atoms with E-state index in [1.54, 1.807) is 0 Å². The van der Waals surface area contributed by atoms with Crippen LogP contribution in [0.5, 0.6) is 0 Å². The van der Waals surface area contributed by atoms with Gasteiger partial charge in [0.1, 0.15) is 19.2 Å². The van der Waals surface area contributed by atoms with E-state index in [0.717, 1.165) is 88.8 Å². The van der Waals surface area contributed by atoms with Gasteiger partial charge in [-0.3, -0.25) is 0 Å². The van der Waals surface area contributed by atoms with Gasteiger partial charge in [-0.1, -0.05) is 272 Å². The van der Waals surface area contributed by atoms with E-state index in [9.17, 15) is 0 Å². The summed E-state index contributed by atoms with van der Waals surface area (Å²) >= 11 is 0. The summed E-state index contributed by atoms with van der Waals surface area (Å²) in [6.45, 7) is 9.69. The zero-order valence-corrected chi connectivity index (χ0v) is 52.2. The summed E-state index contributed by atoms with van der Waals surface area (Å²) in [5.41, 5.74) is 16.0. The summed E-state index contributed by atoms with van der Waals surface area (Å²) in [4.78, 5) is 4.92. The quantitative estimate of drug-likeness (QED) is 0.121. The number of rotatable bonds is 11. The average molecular weight is 1180 g/mol. The zero-order valence-electron chi connectivity index (χ0n) is 50.1. The van der Waals surface area contributed by atoms with Crippen molar-refractivity contribution in [3.8, 4) is 11.1 Å². The molecule has 89 heavy (non-hydrogen) atoms. The highest BCUT2D eigenvalue weighted by molar-refractivity contribution is 7.00. The lowest BCUT2D eigenvalue weighted by atomic mass is 9.67. The Morgan fingerprint density at radius 2 is 0.831 bits per heavy atom. The van der Waals surface area contributed by atoms with Gasteiger partial charge in [-0.15, -0.1) is 0 Å². The van der Waals surface area contributed by atoms with Crippen LogP contribution in [0.15, 0.2) is 306 Å². The Bertz CT molecular complexity index is 5440. The fourth-order valence-corrected chi connectivity index (χ4v) is 18.2. The second kappa shape index (κ2) is 20.6. The van der Waals surface area contributed by atoms with Crippen molar-refractivity contribution in [3.63, 3.8) is 0 Å². The van der Waals surface area contributed by atoms with Crippen molar-refractivity contribution in [3.05, 3.63) is 320 Å². The van der Waals surface area contributed by atoms with Crippen LogP contribution >= 0.6 is 0 Å². The Hall–Kier alpha value is -10.5. The molecule has 0 N–H and O–H groups in total. The number of anilines is 6. The zero-order chi connectivity index (χ0) is 59.5. The molecular weight excluding hydrogens is 1110 g/mol. The van der Waals surface area contributed by atoms with Crippen LogP contribution < -0.4 is 25.4 Å². The third kappa shape index (κ3) is 8.24. The van der Waals surface area contributed by atoms with E-state index in [1.165, 1.54) is 70.5 Å². The lowest BCUT2D eigenvalue weighted by Crippen LogP contribution is -2.52. The summed E-state index contributed by atoms with van der Waals surface area (Å²) in [5, 5.41) is 15.7. The third-order valence-corrected chi connectivity index (χ3v) is 24.6. The smallest absolute Gasteiger partial charge is 0.159 e. The molecule has 0 fully saturated rings. The first-order valence-corrected chi connectivity index (χ1v) is 37.0. The lowest BCUT2D eigenvalue weighted by molar-refractivity contribution is 0.669. The summed E-state index contributed by atoms with van der Waals surface area (Å²) < 4.78 is 14.3. The van der Waals surface area contributed by atoms with Crippen LogP contribution in [0.2, 0.25) is 26.2 Å². The minimum Gasteiger partial charge on any atom is -0.454 e. The van der Waals surface area contributed by atoms with Crippen LogP contribution in [0, 0.1) is 0 Å². The van der Waals surface area contributed by atoms with Gasteiger partial charge in [-0.25, -0.2) is 0 Å². The van der Waals surface area contributed by atoms with Crippen molar-refractivity contribution < 1.29 is 8.83 Å². The van der Waals surface area contributed by atoms with E-state index in [1.807, 2.05) is 0 Å². The Morgan fingerprint density at radius 3 is 1.45 bits per heavy atom. The van der Waals surface area contributed by atoms with Gasteiger partial charge in [0, 0.05) is 44.0 Å². The molecule has 1 aliphatic carbocycles. The minimum atomic E-state index is -2.06. The molecule has 4 nitrogen and oxygen atoms in total. The van der Waals surface area contributed by atoms with Crippen molar-refractivity contribution in [1.29, 1.82) is 0 Å². The predicted octanol–water partition coefficient (Wildman–Crippen LogP) is 20.8. The molecule has 0 spiro atoms. The molecule has 16 aromatic rings. The molecule has 2 aromatic heterocycles. The minimum absolute atomic E-state index is 0.814. The number of benzene rings is 14. The number of furan rings is 2. The average Bonchev–Trinajstić information content (AvgIpc) is 1.56. The second-order valence-electron chi connectivity index (χ2n) is 24.9. The molecule has 2 heterocycles. The Labute approximate surface area is 520 Å². The van der Waals surface area contributed by atoms with Crippen LogP contribution in [0.25, 0.3) is 87.3 Å². The third-order valence-electron chi connectivity index (χ3n) is 19.3. The summed E-state index contributed by atoms with van der Waals surface area (Å²) in [7, 11) is -3.17. The molecule has 424 valence electrons. The molecule has 6 heteroatoms. The van der Waals surface area contributed by atoms with Gasteiger partial charge >= 0.3 is 0 Å². The standard InChI is InChI=1S/C83H62N2O2Si2/c1-88(2)63-43-46-78-71(51-63)68-34-21-37-76(82(68)86-78)85(61-41-39-55-23-15-17-25-57(55)49-61)77-53-74-80(67-33-19-18-32-66(67)77)70-45-42-62(50-73(70)83(74,58-26-8-5-9-27-58)59-28-10-6-11-29-59)84(60-40-38-54-22-14-16-24-56(54)48-60)75-36-20-35-69-72-52-65(44-47-79(72)87-81(69)75)89(3,4)64-30-12-7-13-31-64/h5-53,88H,1-4H3. The maximum absolute atomic E-state index is 7.19. The van der Waals surface area contributed by atoms with Gasteiger partial charge < -0.3 is 18.6 Å². The van der Waals surface area contributed by atoms with Gasteiger partial charge in [0.15, 0.2) is 11.2 Å². The van der Waals surface area contributed by atoms with Crippen molar-refractivity contribution in [1.82, 2.24) is 0 Å². The summed E-state index contributed by atoms with van der Waals surface area (Å²) in [6.07, 6.45) is 0. The lowest BCUT2D eigenvalue weighted by Gasteiger charge is -2.36. The van der Waals surface area contributed by atoms with E-state index >= 15 is 0 Å². The number of hydrogen-bond acceptors (Lipinski definition) is 4. The second-order valence-corrected chi connectivity index (χ2v) is 32.3. The van der Waals surface area contributed by atoms with Gasteiger partial charge in [0.05, 0.1) is 31.3 Å². The van der Waals surface area contributed by atoms with Crippen LogP contribution in [-0.4, -0.2) is 16.9 Å². The molecule has 0 amide bonds. The maximum Gasteiger partial charge on any atom is 0.159 e. The molecule has 17 rings (SSSR count). The molecule has 0 radical (unpaired) electrons. The van der Waals surface area contributed by atoms with Gasteiger partial charge in [0.2, 0.25) is 0 Å². The fourth-order valence-electron chi connectivity index (χ4n) is 14.8. The molecule has 14 aromatic carbocycles. The molecule has 1 aliphatic rings. The molecule has 0 saturated carbocycles. The van der Waals surface area contributed by atoms with Gasteiger partial charge in [-0.05, 0) is 127 Å². The number of hydrogen-bond donors (Lipinski definition) is 0. The van der Waals surface area contributed by atoms with Crippen LogP contribution in [0.4, 0.5) is 34.1 Å². The molecule has 0 unspecified atom stereocenters. The summed E-state index contributed by atoms with van der Waals surface area (Å²) in [6, 6.07) is 111. The number of para-hydroxylation sites is 2. The number of fused-ring (bicyclic) bond motifs is 13. The SMILES string of the molecule is C[SiH](C)c1ccc2oc3c(N(c4ccc5ccccc5c4)c4cc5c(c6ccccc46)-c4ccc(N(c6ccc7ccccc7c6)c6cccc7c6oc6ccc([Si](C)(C)c8ccccc8)cc67)cc4C5(c4ccccc4)c4ccccc4)cccc3c2c1. The molecular formula is C83H62N2O2Si2. The Balaban J connectivity index is 0.940. The number of nitrogens with zero attached hydrogens (tertiary/aromatic N) is 2. The highest BCUT2D eigenvalue weighted by Crippen LogP contribution is 2.61. The van der Waals surface area contributed by atoms with Crippen LogP contribution in [-0.2, 0) is 5.41 Å². The van der Waals surface area contributed by atoms with E-state index < -0.39 is 22.3 Å². The highest BCUT2D eigenvalue weighted by atomic mass is 28.3. The first kappa shape index (κ1) is 52.8. The van der Waals surface area contributed by atoms with Gasteiger partial charge in [-0.2, -0.15) is 0 Å². The predicted molar refractivity (Wildman–Crippen MR) is 382 cm³/mol. The molecule has 0 bridgehead atoms. The Kier molecular flexibility index (Phi) is 12.2. The molecule has 0 atom stereocenters. The Morgan fingerprint density at radius 1 is 0.337 bits per heavy atom. The van der Waals surface area contributed by atoms with Crippen molar-refractivity contribution in [2.24, 2.45) is 0 Å². The topological polar surface area (TPSA) is 32.8 Å². The molecule has 0 aliphatic heterocycles. The maximum atomic E-state index is 7.19. The van der Waals surface area contributed by atoms with Crippen molar-refractivity contribution in [2.75, 3.05) is 9.80 Å². The normalized spacial score (nSPS) is 12.9. The first-order valence-electron chi connectivity index (χ1n) is 31.1. The van der Waals surface area contributed by atoms with E-state index in [0.29, 0.717) is 0 Å². The first-order chi connectivity index (χ1) is 43.7. The molecule has 0 saturated heterocycles. The van der Waals surface area contributed by atoms with Gasteiger partial charge in [0.25, 0.3) is 0 Å². The fraction of sp³-hybridized carbons (Fsp3) is 0.0602. The van der Waals surface area contributed by atoms with Crippen molar-refractivity contribution >= 4 is 143 Å².